The van der Waals surface area contributed by atoms with Crippen molar-refractivity contribution in [3.05, 3.63) is 29.8 Å². The fourth-order valence-corrected chi connectivity index (χ4v) is 2.33. The van der Waals surface area contributed by atoms with Crippen molar-refractivity contribution in [3.63, 3.8) is 0 Å². The van der Waals surface area contributed by atoms with Crippen LogP contribution in [0.5, 0.6) is 5.75 Å². The Morgan fingerprint density at radius 1 is 1.44 bits per heavy atom. The molecule has 1 heterocycles. The quantitative estimate of drug-likeness (QED) is 0.866. The van der Waals surface area contributed by atoms with Crippen molar-refractivity contribution in [3.8, 4) is 5.75 Å². The van der Waals surface area contributed by atoms with Gasteiger partial charge in [-0.25, -0.2) is 4.79 Å². The topological polar surface area (TPSA) is 59.0 Å². The Balaban J connectivity index is 2.30. The summed E-state index contributed by atoms with van der Waals surface area (Å²) in [5.74, 6) is 0.705. The number of aliphatic hydroxyl groups excluding tert-OH is 1. The summed E-state index contributed by atoms with van der Waals surface area (Å²) in [6.07, 6.45) is -0.438. The summed E-state index contributed by atoms with van der Waals surface area (Å²) in [7, 11) is 2.93. The van der Waals surface area contributed by atoms with Gasteiger partial charge in [-0.2, -0.15) is 0 Å². The number of benzene rings is 1. The molecule has 1 N–H and O–H groups in total. The van der Waals surface area contributed by atoms with Crippen LogP contribution in [-0.4, -0.2) is 43.0 Å². The average Bonchev–Trinajstić information content (AvgIpc) is 2.79. The van der Waals surface area contributed by atoms with E-state index in [0.717, 1.165) is 5.56 Å². The number of hydrogen-bond donors (Lipinski definition) is 1. The van der Waals surface area contributed by atoms with Gasteiger partial charge in [-0.1, -0.05) is 12.1 Å². The summed E-state index contributed by atoms with van der Waals surface area (Å²) >= 11 is 0. The van der Waals surface area contributed by atoms with Crippen LogP contribution in [0.15, 0.2) is 24.3 Å². The molecule has 0 bridgehead atoms. The third-order valence-electron chi connectivity index (χ3n) is 3.21. The van der Waals surface area contributed by atoms with Crippen LogP contribution < -0.4 is 4.74 Å². The normalized spacial score (nSPS) is 22.9. The van der Waals surface area contributed by atoms with Gasteiger partial charge in [0.05, 0.1) is 26.4 Å². The molecule has 2 atom stereocenters. The number of nitrogens with zero attached hydrogens (tertiary/aromatic N) is 1. The largest absolute Gasteiger partial charge is 0.497 e. The van der Waals surface area contributed by atoms with Gasteiger partial charge >= 0.3 is 6.09 Å². The number of likely N-dealkylation sites (tertiary alicyclic amines) is 1. The molecule has 1 aromatic carbocycles. The van der Waals surface area contributed by atoms with Crippen LogP contribution in [0.3, 0.4) is 0 Å². The predicted octanol–water partition coefficient (Wildman–Crippen LogP) is 1.57. The first-order chi connectivity index (χ1) is 8.67. The number of carbonyl (C=O) groups excluding carboxylic acids is 1. The maximum absolute atomic E-state index is 11.7. The summed E-state index contributed by atoms with van der Waals surface area (Å²) < 4.78 is 9.89. The van der Waals surface area contributed by atoms with Gasteiger partial charge in [0.2, 0.25) is 0 Å². The summed E-state index contributed by atoms with van der Waals surface area (Å²) in [6, 6.07) is 7.00. The van der Waals surface area contributed by atoms with E-state index in [1.54, 1.807) is 12.0 Å². The molecule has 1 aliphatic heterocycles. The van der Waals surface area contributed by atoms with Crippen molar-refractivity contribution < 1.29 is 19.4 Å². The smallest absolute Gasteiger partial charge is 0.410 e. The lowest BCUT2D eigenvalue weighted by atomic mass is 10.0. The summed E-state index contributed by atoms with van der Waals surface area (Å²) in [5.41, 5.74) is 0.852. The second kappa shape index (κ2) is 5.27. The summed E-state index contributed by atoms with van der Waals surface area (Å²) in [6.45, 7) is 0.496. The van der Waals surface area contributed by atoms with Crippen LogP contribution in [0.4, 0.5) is 4.79 Å². The molecule has 0 spiro atoms. The minimum absolute atomic E-state index is 0.368. The number of hydrogen-bond acceptors (Lipinski definition) is 4. The molecule has 1 saturated heterocycles. The molecule has 2 rings (SSSR count). The molecule has 0 aromatic heterocycles. The number of ether oxygens (including phenoxy) is 2. The maximum atomic E-state index is 11.7. The highest BCUT2D eigenvalue weighted by Crippen LogP contribution is 2.34. The molecule has 18 heavy (non-hydrogen) atoms. The zero-order valence-electron chi connectivity index (χ0n) is 10.5. The highest BCUT2D eigenvalue weighted by Gasteiger charge is 2.37. The number of amides is 1. The van der Waals surface area contributed by atoms with Gasteiger partial charge in [0.1, 0.15) is 5.75 Å². The van der Waals surface area contributed by atoms with Crippen molar-refractivity contribution in [1.82, 2.24) is 4.90 Å². The van der Waals surface area contributed by atoms with Crippen LogP contribution in [0.1, 0.15) is 18.0 Å². The van der Waals surface area contributed by atoms with Crippen LogP contribution in [-0.2, 0) is 4.74 Å². The molecule has 98 valence electrons. The van der Waals surface area contributed by atoms with Gasteiger partial charge < -0.3 is 14.6 Å². The Morgan fingerprint density at radius 2 is 2.22 bits per heavy atom. The Hall–Kier alpha value is -1.75. The van der Waals surface area contributed by atoms with E-state index in [0.29, 0.717) is 18.7 Å². The number of rotatable bonds is 2. The van der Waals surface area contributed by atoms with Crippen LogP contribution in [0, 0.1) is 0 Å². The van der Waals surface area contributed by atoms with Gasteiger partial charge in [-0.05, 0) is 24.1 Å². The number of carbonyl (C=O) groups is 1. The Kier molecular flexibility index (Phi) is 3.72. The fraction of sp³-hybridized carbons (Fsp3) is 0.462. The molecule has 1 fully saturated rings. The zero-order valence-corrected chi connectivity index (χ0v) is 10.5. The Bertz CT molecular complexity index is 435. The first-order valence-corrected chi connectivity index (χ1v) is 5.84. The average molecular weight is 251 g/mol. The van der Waals surface area contributed by atoms with Crippen molar-refractivity contribution in [1.29, 1.82) is 0 Å². The Labute approximate surface area is 106 Å². The van der Waals surface area contributed by atoms with Crippen molar-refractivity contribution >= 4 is 6.09 Å². The molecule has 1 amide bonds. The highest BCUT2D eigenvalue weighted by atomic mass is 16.5. The van der Waals surface area contributed by atoms with E-state index in [9.17, 15) is 9.90 Å². The molecule has 5 heteroatoms. The molecule has 5 nitrogen and oxygen atoms in total. The van der Waals surface area contributed by atoms with E-state index in [1.807, 2.05) is 24.3 Å². The monoisotopic (exact) mass is 251 g/mol. The molecule has 0 unspecified atom stereocenters. The standard InChI is InChI=1S/C13H17NO4/c1-17-10-5-3-4-9(8-10)12-11(15)6-7-14(12)13(16)18-2/h3-5,8,11-12,15H,6-7H2,1-2H3/t11-,12-/m0/s1. The molecule has 1 aromatic rings. The second-order valence-corrected chi connectivity index (χ2v) is 4.24. The van der Waals surface area contributed by atoms with Gasteiger partial charge in [0.25, 0.3) is 0 Å². The van der Waals surface area contributed by atoms with E-state index in [-0.39, 0.29) is 6.04 Å². The van der Waals surface area contributed by atoms with Gasteiger partial charge in [0.15, 0.2) is 0 Å². The first-order valence-electron chi connectivity index (χ1n) is 5.84. The second-order valence-electron chi connectivity index (χ2n) is 4.24. The third kappa shape index (κ3) is 2.26. The molecule has 0 saturated carbocycles. The minimum atomic E-state index is -0.573. The Morgan fingerprint density at radius 3 is 2.89 bits per heavy atom. The zero-order chi connectivity index (χ0) is 13.1. The lowest BCUT2D eigenvalue weighted by Gasteiger charge is -2.25. The molecular formula is C13H17NO4. The van der Waals surface area contributed by atoms with E-state index in [4.69, 9.17) is 9.47 Å². The van der Waals surface area contributed by atoms with Crippen LogP contribution >= 0.6 is 0 Å². The highest BCUT2D eigenvalue weighted by molar-refractivity contribution is 5.68. The molecule has 1 aliphatic rings. The summed E-state index contributed by atoms with van der Waals surface area (Å²) in [4.78, 5) is 13.2. The number of aliphatic hydroxyl groups is 1. The third-order valence-corrected chi connectivity index (χ3v) is 3.21. The fourth-order valence-electron chi connectivity index (χ4n) is 2.33. The lowest BCUT2D eigenvalue weighted by molar-refractivity contribution is 0.0887. The van der Waals surface area contributed by atoms with Crippen LogP contribution in [0.2, 0.25) is 0 Å². The first kappa shape index (κ1) is 12.7. The van der Waals surface area contributed by atoms with E-state index >= 15 is 0 Å². The van der Waals surface area contributed by atoms with Crippen molar-refractivity contribution in [2.45, 2.75) is 18.6 Å². The molecular weight excluding hydrogens is 234 g/mol. The van der Waals surface area contributed by atoms with E-state index < -0.39 is 12.2 Å². The van der Waals surface area contributed by atoms with Gasteiger partial charge in [0, 0.05) is 6.54 Å². The maximum Gasteiger partial charge on any atom is 0.410 e. The minimum Gasteiger partial charge on any atom is -0.497 e. The SMILES string of the molecule is COC(=O)N1CC[C@H](O)[C@@H]1c1cccc(OC)c1. The molecule has 0 aliphatic carbocycles. The predicted molar refractivity (Wildman–Crippen MR) is 65.5 cm³/mol. The van der Waals surface area contributed by atoms with Gasteiger partial charge in [-0.15, -0.1) is 0 Å². The number of methoxy groups -OCH3 is 2. The van der Waals surface area contributed by atoms with E-state index in [2.05, 4.69) is 0 Å². The van der Waals surface area contributed by atoms with Crippen molar-refractivity contribution in [2.24, 2.45) is 0 Å². The van der Waals surface area contributed by atoms with Gasteiger partial charge in [-0.3, -0.25) is 4.90 Å². The van der Waals surface area contributed by atoms with Crippen LogP contribution in [0.25, 0.3) is 0 Å². The van der Waals surface area contributed by atoms with Crippen molar-refractivity contribution in [2.75, 3.05) is 20.8 Å². The lowest BCUT2D eigenvalue weighted by Crippen LogP contribution is -2.33. The summed E-state index contributed by atoms with van der Waals surface area (Å²) in [5, 5.41) is 10.0. The molecule has 0 radical (unpaired) electrons. The van der Waals surface area contributed by atoms with E-state index in [1.165, 1.54) is 7.11 Å².